The first-order valence-electron chi connectivity index (χ1n) is 6.96. The van der Waals surface area contributed by atoms with Crippen LogP contribution in [0, 0.1) is 0 Å². The van der Waals surface area contributed by atoms with E-state index in [1.807, 2.05) is 36.1 Å². The molecule has 104 valence electrons. The Balaban J connectivity index is 1.99. The molecule has 0 aromatic heterocycles. The molecule has 2 rings (SSSR count). The van der Waals surface area contributed by atoms with Gasteiger partial charge in [-0.15, -0.1) is 0 Å². The van der Waals surface area contributed by atoms with Gasteiger partial charge in [0.25, 0.3) is 5.91 Å². The van der Waals surface area contributed by atoms with Crippen molar-refractivity contribution in [1.82, 2.24) is 10.2 Å². The van der Waals surface area contributed by atoms with Gasteiger partial charge in [0.15, 0.2) is 6.10 Å². The third-order valence-corrected chi connectivity index (χ3v) is 3.43. The lowest BCUT2D eigenvalue weighted by Crippen LogP contribution is -2.50. The summed E-state index contributed by atoms with van der Waals surface area (Å²) >= 11 is 0. The van der Waals surface area contributed by atoms with Crippen LogP contribution in [0.3, 0.4) is 0 Å². The fraction of sp³-hybridized carbons (Fsp3) is 0.533. The van der Waals surface area contributed by atoms with E-state index in [1.54, 1.807) is 0 Å². The maximum atomic E-state index is 12.3. The van der Waals surface area contributed by atoms with E-state index in [4.69, 9.17) is 4.74 Å². The van der Waals surface area contributed by atoms with Crippen LogP contribution in [-0.4, -0.2) is 43.1 Å². The second-order valence-electron chi connectivity index (χ2n) is 4.80. The van der Waals surface area contributed by atoms with Gasteiger partial charge in [-0.3, -0.25) is 4.79 Å². The second-order valence-corrected chi connectivity index (χ2v) is 4.80. The predicted molar refractivity (Wildman–Crippen MR) is 75.4 cm³/mol. The van der Waals surface area contributed by atoms with Gasteiger partial charge in [0.1, 0.15) is 5.75 Å². The van der Waals surface area contributed by atoms with Crippen LogP contribution >= 0.6 is 0 Å². The quantitative estimate of drug-likeness (QED) is 0.893. The maximum Gasteiger partial charge on any atom is 0.263 e. The van der Waals surface area contributed by atoms with Crippen LogP contribution < -0.4 is 10.1 Å². The lowest BCUT2D eigenvalue weighted by Gasteiger charge is -2.30. The molecule has 0 radical (unpaired) electrons. The van der Waals surface area contributed by atoms with Crippen molar-refractivity contribution in [3.63, 3.8) is 0 Å². The molecule has 19 heavy (non-hydrogen) atoms. The van der Waals surface area contributed by atoms with Gasteiger partial charge in [-0.2, -0.15) is 0 Å². The molecule has 0 bridgehead atoms. The molecule has 0 saturated carbocycles. The molecular formula is C15H22N2O2. The van der Waals surface area contributed by atoms with E-state index in [9.17, 15) is 4.79 Å². The number of amides is 1. The number of hydrogen-bond acceptors (Lipinski definition) is 3. The summed E-state index contributed by atoms with van der Waals surface area (Å²) in [6.07, 6.45) is 0.482. The van der Waals surface area contributed by atoms with E-state index in [-0.39, 0.29) is 5.91 Å². The number of ether oxygens (including phenoxy) is 1. The normalized spacial score (nSPS) is 17.1. The Morgan fingerprint density at radius 2 is 2.05 bits per heavy atom. The Morgan fingerprint density at radius 3 is 2.74 bits per heavy atom. The summed E-state index contributed by atoms with van der Waals surface area (Å²) in [5.74, 6) is 0.897. The number of nitrogens with zero attached hydrogens (tertiary/aromatic N) is 1. The Bertz CT molecular complexity index is 428. The van der Waals surface area contributed by atoms with Crippen LogP contribution in [0.15, 0.2) is 24.3 Å². The van der Waals surface area contributed by atoms with Gasteiger partial charge >= 0.3 is 0 Å². The lowest BCUT2D eigenvalue weighted by atomic mass is 10.1. The average Bonchev–Trinajstić information content (AvgIpc) is 2.48. The van der Waals surface area contributed by atoms with Crippen molar-refractivity contribution in [2.75, 3.05) is 26.2 Å². The number of aryl methyl sites for hydroxylation is 1. The summed E-state index contributed by atoms with van der Waals surface area (Å²) in [7, 11) is 0. The SMILES string of the molecule is CCc1ccccc1O[C@H](C)C(=O)N1CCNCC1. The number of hydrogen-bond donors (Lipinski definition) is 1. The summed E-state index contributed by atoms with van der Waals surface area (Å²) in [5, 5.41) is 3.24. The monoisotopic (exact) mass is 262 g/mol. The molecule has 0 spiro atoms. The van der Waals surface area contributed by atoms with Gasteiger partial charge in [-0.05, 0) is 25.0 Å². The van der Waals surface area contributed by atoms with Gasteiger partial charge in [0.2, 0.25) is 0 Å². The zero-order chi connectivity index (χ0) is 13.7. The van der Waals surface area contributed by atoms with Crippen molar-refractivity contribution in [2.45, 2.75) is 26.4 Å². The Morgan fingerprint density at radius 1 is 1.37 bits per heavy atom. The predicted octanol–water partition coefficient (Wildman–Crippen LogP) is 1.45. The minimum absolute atomic E-state index is 0.0763. The molecule has 1 aliphatic rings. The number of carbonyl (C=O) groups is 1. The maximum absolute atomic E-state index is 12.3. The molecule has 1 atom stereocenters. The number of nitrogens with one attached hydrogen (secondary N) is 1. The first-order valence-corrected chi connectivity index (χ1v) is 6.96. The molecule has 1 aromatic carbocycles. The molecular weight excluding hydrogens is 240 g/mol. The summed E-state index contributed by atoms with van der Waals surface area (Å²) in [4.78, 5) is 14.1. The zero-order valence-electron chi connectivity index (χ0n) is 11.7. The highest BCUT2D eigenvalue weighted by Crippen LogP contribution is 2.20. The van der Waals surface area contributed by atoms with Gasteiger partial charge in [-0.25, -0.2) is 0 Å². The van der Waals surface area contributed by atoms with Crippen LogP contribution in [0.4, 0.5) is 0 Å². The lowest BCUT2D eigenvalue weighted by molar-refractivity contribution is -0.138. The van der Waals surface area contributed by atoms with Crippen molar-refractivity contribution in [1.29, 1.82) is 0 Å². The number of para-hydroxylation sites is 1. The first-order chi connectivity index (χ1) is 9.22. The molecule has 1 heterocycles. The van der Waals surface area contributed by atoms with Crippen LogP contribution in [-0.2, 0) is 11.2 Å². The van der Waals surface area contributed by atoms with E-state index in [0.717, 1.165) is 43.9 Å². The van der Waals surface area contributed by atoms with Crippen molar-refractivity contribution in [3.05, 3.63) is 29.8 Å². The average molecular weight is 262 g/mol. The fourth-order valence-electron chi connectivity index (χ4n) is 2.29. The van der Waals surface area contributed by atoms with E-state index in [0.29, 0.717) is 0 Å². The van der Waals surface area contributed by atoms with Crippen molar-refractivity contribution in [2.24, 2.45) is 0 Å². The Labute approximate surface area is 114 Å². The van der Waals surface area contributed by atoms with Gasteiger partial charge in [-0.1, -0.05) is 25.1 Å². The smallest absolute Gasteiger partial charge is 0.263 e. The topological polar surface area (TPSA) is 41.6 Å². The highest BCUT2D eigenvalue weighted by molar-refractivity contribution is 5.81. The molecule has 1 saturated heterocycles. The Kier molecular flexibility index (Phi) is 4.80. The minimum atomic E-state index is -0.425. The fourth-order valence-corrected chi connectivity index (χ4v) is 2.29. The summed E-state index contributed by atoms with van der Waals surface area (Å²) in [5.41, 5.74) is 1.14. The molecule has 4 heteroatoms. The highest BCUT2D eigenvalue weighted by atomic mass is 16.5. The third kappa shape index (κ3) is 3.47. The summed E-state index contributed by atoms with van der Waals surface area (Å²) < 4.78 is 5.84. The van der Waals surface area contributed by atoms with Gasteiger partial charge in [0, 0.05) is 26.2 Å². The number of carbonyl (C=O) groups excluding carboxylic acids is 1. The summed E-state index contributed by atoms with van der Waals surface area (Å²) in [6, 6.07) is 7.91. The van der Waals surface area contributed by atoms with Crippen LogP contribution in [0.2, 0.25) is 0 Å². The highest BCUT2D eigenvalue weighted by Gasteiger charge is 2.23. The van der Waals surface area contributed by atoms with Crippen molar-refractivity contribution < 1.29 is 9.53 Å². The molecule has 1 aromatic rings. The van der Waals surface area contributed by atoms with Crippen molar-refractivity contribution >= 4 is 5.91 Å². The largest absolute Gasteiger partial charge is 0.481 e. The van der Waals surface area contributed by atoms with Gasteiger partial charge in [0.05, 0.1) is 0 Å². The molecule has 1 aliphatic heterocycles. The van der Waals surface area contributed by atoms with Crippen LogP contribution in [0.1, 0.15) is 19.4 Å². The van der Waals surface area contributed by atoms with Crippen molar-refractivity contribution in [3.8, 4) is 5.75 Å². The standard InChI is InChI=1S/C15H22N2O2/c1-3-13-6-4-5-7-14(13)19-12(2)15(18)17-10-8-16-9-11-17/h4-7,12,16H,3,8-11H2,1-2H3/t12-/m1/s1. The van der Waals surface area contributed by atoms with E-state index < -0.39 is 6.10 Å². The zero-order valence-corrected chi connectivity index (χ0v) is 11.7. The molecule has 1 N–H and O–H groups in total. The minimum Gasteiger partial charge on any atom is -0.481 e. The molecule has 0 aliphatic carbocycles. The number of piperazine rings is 1. The van der Waals surface area contributed by atoms with E-state index in [2.05, 4.69) is 12.2 Å². The first kappa shape index (κ1) is 13.9. The molecule has 4 nitrogen and oxygen atoms in total. The van der Waals surface area contributed by atoms with E-state index in [1.165, 1.54) is 0 Å². The number of rotatable bonds is 4. The molecule has 0 unspecified atom stereocenters. The van der Waals surface area contributed by atoms with Gasteiger partial charge < -0.3 is 15.0 Å². The second kappa shape index (κ2) is 6.57. The molecule has 1 fully saturated rings. The Hall–Kier alpha value is -1.55. The summed E-state index contributed by atoms with van der Waals surface area (Å²) in [6.45, 7) is 7.18. The molecule has 1 amide bonds. The van der Waals surface area contributed by atoms with Crippen LogP contribution in [0.25, 0.3) is 0 Å². The number of benzene rings is 1. The van der Waals surface area contributed by atoms with E-state index >= 15 is 0 Å². The van der Waals surface area contributed by atoms with Crippen LogP contribution in [0.5, 0.6) is 5.75 Å². The third-order valence-electron chi connectivity index (χ3n) is 3.43.